The molecule has 1 N–H and O–H groups in total. The van der Waals surface area contributed by atoms with Gasteiger partial charge < -0.3 is 4.74 Å². The zero-order valence-electron chi connectivity index (χ0n) is 20.3. The molecule has 0 unspecified atom stereocenters. The van der Waals surface area contributed by atoms with Gasteiger partial charge in [-0.05, 0) is 41.8 Å². The maximum Gasteiger partial charge on any atom is 0.439 e. The maximum absolute atomic E-state index is 13.5. The van der Waals surface area contributed by atoms with Crippen molar-refractivity contribution in [1.29, 1.82) is 0 Å². The molecule has 2 aromatic carbocycles. The van der Waals surface area contributed by atoms with E-state index >= 15 is 0 Å². The summed E-state index contributed by atoms with van der Waals surface area (Å²) in [6, 6.07) is 13.6. The Bertz CT molecular complexity index is 1550. The highest BCUT2D eigenvalue weighted by molar-refractivity contribution is 7.92. The lowest BCUT2D eigenvalue weighted by atomic mass is 10.1. The fraction of sp³-hybridized carbons (Fsp3) is 0.240. The summed E-state index contributed by atoms with van der Waals surface area (Å²) in [6.07, 6.45) is -3.35. The van der Waals surface area contributed by atoms with Crippen LogP contribution in [0, 0.1) is 5.92 Å². The zero-order valence-corrected chi connectivity index (χ0v) is 21.1. The number of nitrogens with zero attached hydrogens (tertiary/aromatic N) is 3. The normalized spacial score (nSPS) is 12.1. The third-order valence-electron chi connectivity index (χ3n) is 5.34. The smallest absolute Gasteiger partial charge is 0.439 e. The van der Waals surface area contributed by atoms with Crippen LogP contribution in [-0.2, 0) is 22.8 Å². The molecule has 9 nitrogen and oxygen atoms in total. The van der Waals surface area contributed by atoms with Crippen molar-refractivity contribution in [3.8, 4) is 17.1 Å². The molecule has 0 atom stereocenters. The van der Waals surface area contributed by atoms with Crippen molar-refractivity contribution in [2.24, 2.45) is 5.92 Å². The molecule has 2 aromatic heterocycles. The molecule has 38 heavy (non-hydrogen) atoms. The SMILES string of the molecule is CC(C)CN(c1ccc(C(F)(F)F)cc1OCc1ccc(-c2noc(=O)[nH]2)cc1)S(=O)(=O)c1ccccn1. The van der Waals surface area contributed by atoms with Gasteiger partial charge in [-0.15, -0.1) is 0 Å². The Morgan fingerprint density at radius 2 is 1.82 bits per heavy atom. The van der Waals surface area contributed by atoms with E-state index in [0.29, 0.717) is 11.1 Å². The number of sulfonamides is 1. The number of rotatable bonds is 9. The molecular formula is C25H23F3N4O5S. The second-order valence-corrected chi connectivity index (χ2v) is 10.5. The summed E-state index contributed by atoms with van der Waals surface area (Å²) in [5.74, 6) is -0.924. The van der Waals surface area contributed by atoms with E-state index in [0.717, 1.165) is 22.5 Å². The van der Waals surface area contributed by atoms with Crippen molar-refractivity contribution in [2.75, 3.05) is 10.8 Å². The minimum absolute atomic E-state index is 0.0226. The summed E-state index contributed by atoms with van der Waals surface area (Å²) >= 11 is 0. The summed E-state index contributed by atoms with van der Waals surface area (Å²) < 4.78 is 78.9. The number of ether oxygens (including phenoxy) is 1. The Labute approximate surface area is 215 Å². The number of hydrogen-bond acceptors (Lipinski definition) is 7. The van der Waals surface area contributed by atoms with Crippen molar-refractivity contribution < 1.29 is 30.8 Å². The van der Waals surface area contributed by atoms with Gasteiger partial charge in [0.1, 0.15) is 12.4 Å². The van der Waals surface area contributed by atoms with Crippen molar-refractivity contribution >= 4 is 15.7 Å². The first-order chi connectivity index (χ1) is 17.9. The van der Waals surface area contributed by atoms with Crippen molar-refractivity contribution in [3.05, 3.63) is 88.5 Å². The van der Waals surface area contributed by atoms with Gasteiger partial charge >= 0.3 is 11.9 Å². The van der Waals surface area contributed by atoms with Crippen LogP contribution in [0.25, 0.3) is 11.4 Å². The monoisotopic (exact) mass is 548 g/mol. The molecule has 0 amide bonds. The predicted octanol–water partition coefficient (Wildman–Crippen LogP) is 4.87. The molecule has 4 aromatic rings. The first kappa shape index (κ1) is 26.9. The van der Waals surface area contributed by atoms with E-state index in [2.05, 4.69) is 19.6 Å². The number of aromatic amines is 1. The van der Waals surface area contributed by atoms with Gasteiger partial charge in [-0.2, -0.15) is 21.6 Å². The highest BCUT2D eigenvalue weighted by atomic mass is 32.2. The Hall–Kier alpha value is -4.13. The Kier molecular flexibility index (Phi) is 7.58. The quantitative estimate of drug-likeness (QED) is 0.317. The van der Waals surface area contributed by atoms with E-state index in [9.17, 15) is 26.4 Å². The lowest BCUT2D eigenvalue weighted by Crippen LogP contribution is -2.35. The molecule has 0 saturated heterocycles. The highest BCUT2D eigenvalue weighted by Gasteiger charge is 2.34. The summed E-state index contributed by atoms with van der Waals surface area (Å²) in [7, 11) is -4.22. The number of pyridine rings is 1. The highest BCUT2D eigenvalue weighted by Crippen LogP contribution is 2.39. The summed E-state index contributed by atoms with van der Waals surface area (Å²) in [5.41, 5.74) is 0.0883. The molecule has 200 valence electrons. The third kappa shape index (κ3) is 6.05. The van der Waals surface area contributed by atoms with Crippen LogP contribution in [0.5, 0.6) is 5.75 Å². The third-order valence-corrected chi connectivity index (χ3v) is 7.04. The molecule has 2 heterocycles. The van der Waals surface area contributed by atoms with Crippen LogP contribution >= 0.6 is 0 Å². The number of anilines is 1. The summed E-state index contributed by atoms with van der Waals surface area (Å²) in [5, 5.41) is 3.35. The number of halogens is 3. The number of H-pyrrole nitrogens is 1. The molecule has 0 radical (unpaired) electrons. The van der Waals surface area contributed by atoms with Crippen LogP contribution in [0.15, 0.2) is 81.2 Å². The van der Waals surface area contributed by atoms with Crippen molar-refractivity contribution in [2.45, 2.75) is 31.7 Å². The second kappa shape index (κ2) is 10.7. The minimum atomic E-state index is -4.67. The van der Waals surface area contributed by atoms with Gasteiger partial charge in [0.05, 0.1) is 11.3 Å². The van der Waals surface area contributed by atoms with E-state index in [1.54, 1.807) is 44.2 Å². The Morgan fingerprint density at radius 1 is 1.08 bits per heavy atom. The fourth-order valence-electron chi connectivity index (χ4n) is 3.56. The van der Waals surface area contributed by atoms with Crippen molar-refractivity contribution in [1.82, 2.24) is 15.1 Å². The zero-order chi connectivity index (χ0) is 27.5. The van der Waals surface area contributed by atoms with E-state index in [1.807, 2.05) is 0 Å². The van der Waals surface area contributed by atoms with Crippen LogP contribution in [0.3, 0.4) is 0 Å². The molecule has 0 bridgehead atoms. The average molecular weight is 549 g/mol. The molecular weight excluding hydrogens is 525 g/mol. The first-order valence-corrected chi connectivity index (χ1v) is 12.8. The number of alkyl halides is 3. The van der Waals surface area contributed by atoms with Crippen LogP contribution < -0.4 is 14.8 Å². The second-order valence-electron chi connectivity index (χ2n) is 8.71. The number of hydrogen-bond donors (Lipinski definition) is 1. The topological polar surface area (TPSA) is 118 Å². The van der Waals surface area contributed by atoms with Crippen LogP contribution in [0.4, 0.5) is 18.9 Å². The molecule has 4 rings (SSSR count). The van der Waals surface area contributed by atoms with Gasteiger partial charge in [0.25, 0.3) is 10.0 Å². The molecule has 0 aliphatic heterocycles. The van der Waals surface area contributed by atoms with Crippen LogP contribution in [0.2, 0.25) is 0 Å². The summed E-state index contributed by atoms with van der Waals surface area (Å²) in [6.45, 7) is 3.39. The van der Waals surface area contributed by atoms with E-state index < -0.39 is 27.5 Å². The average Bonchev–Trinajstić information content (AvgIpc) is 3.32. The van der Waals surface area contributed by atoms with Crippen LogP contribution in [-0.4, -0.2) is 30.1 Å². The lowest BCUT2D eigenvalue weighted by Gasteiger charge is -2.28. The number of aromatic nitrogens is 3. The van der Waals surface area contributed by atoms with E-state index in [-0.39, 0.29) is 41.4 Å². The van der Waals surface area contributed by atoms with Gasteiger partial charge in [-0.3, -0.25) is 13.8 Å². The predicted molar refractivity (Wildman–Crippen MR) is 132 cm³/mol. The number of benzene rings is 2. The molecule has 0 aliphatic carbocycles. The van der Waals surface area contributed by atoms with E-state index in [1.165, 1.54) is 18.3 Å². The number of nitrogens with one attached hydrogen (secondary N) is 1. The Balaban J connectivity index is 1.70. The fourth-order valence-corrected chi connectivity index (χ4v) is 5.13. The van der Waals surface area contributed by atoms with E-state index in [4.69, 9.17) is 4.74 Å². The van der Waals surface area contributed by atoms with Gasteiger partial charge in [-0.1, -0.05) is 49.3 Å². The largest absolute Gasteiger partial charge is 0.487 e. The van der Waals surface area contributed by atoms with Crippen molar-refractivity contribution in [3.63, 3.8) is 0 Å². The Morgan fingerprint density at radius 3 is 2.39 bits per heavy atom. The molecule has 0 saturated carbocycles. The maximum atomic E-state index is 13.5. The first-order valence-electron chi connectivity index (χ1n) is 11.4. The molecule has 13 heteroatoms. The molecule has 0 spiro atoms. The van der Waals surface area contributed by atoms with Crippen LogP contribution in [0.1, 0.15) is 25.0 Å². The van der Waals surface area contributed by atoms with Gasteiger partial charge in [0.2, 0.25) is 0 Å². The lowest BCUT2D eigenvalue weighted by molar-refractivity contribution is -0.137. The van der Waals surface area contributed by atoms with Gasteiger partial charge in [0, 0.05) is 18.3 Å². The standard InChI is InChI=1S/C25H23F3N4O5S/c1-16(2)14-32(38(34,35)22-5-3-4-12-29-22)20-11-10-19(25(26,27)28)13-21(20)36-15-17-6-8-18(9-7-17)23-30-24(33)37-31-23/h3-13,16H,14-15H2,1-2H3,(H,30,31,33). The van der Waals surface area contributed by atoms with Gasteiger partial charge in [0.15, 0.2) is 10.9 Å². The minimum Gasteiger partial charge on any atom is -0.487 e. The molecule has 0 aliphatic rings. The molecule has 0 fully saturated rings. The van der Waals surface area contributed by atoms with Gasteiger partial charge in [-0.25, -0.2) is 9.78 Å². The summed E-state index contributed by atoms with van der Waals surface area (Å²) in [4.78, 5) is 17.5.